The number of aliphatic hydroxyl groups is 1. The third-order valence-corrected chi connectivity index (χ3v) is 12.2. The number of nitrogens with one attached hydrogen (secondary N) is 1. The van der Waals surface area contributed by atoms with E-state index in [1.165, 1.54) is 6.34 Å². The number of benzene rings is 1. The Hall–Kier alpha value is -2.31. The van der Waals surface area contributed by atoms with Crippen molar-refractivity contribution in [2.45, 2.75) is 75.9 Å². The molecule has 0 aliphatic carbocycles. The van der Waals surface area contributed by atoms with Crippen LogP contribution in [-0.2, 0) is 18.3 Å². The molecule has 2 aromatic rings. The minimum Gasteiger partial charge on any atom is -0.408 e. The van der Waals surface area contributed by atoms with Gasteiger partial charge in [-0.2, -0.15) is 5.10 Å². The van der Waals surface area contributed by atoms with Crippen LogP contribution in [0, 0.1) is 0 Å². The first kappa shape index (κ1) is 27.7. The number of rotatable bonds is 9. The molecule has 0 saturated carbocycles. The Morgan fingerprint density at radius 1 is 1.24 bits per heavy atom. The van der Waals surface area contributed by atoms with E-state index < -0.39 is 53.8 Å². The van der Waals surface area contributed by atoms with Crippen molar-refractivity contribution in [2.24, 2.45) is 4.99 Å². The molecule has 2 aliphatic heterocycles. The number of aliphatic hydroxyl groups excluding tert-OH is 1. The van der Waals surface area contributed by atoms with Crippen LogP contribution in [0.15, 0.2) is 41.5 Å². The maximum absolute atomic E-state index is 12.8. The summed E-state index contributed by atoms with van der Waals surface area (Å²) >= 11 is 0. The Morgan fingerprint density at radius 2 is 1.95 bits per heavy atom. The maximum atomic E-state index is 12.8. The summed E-state index contributed by atoms with van der Waals surface area (Å²) in [6.45, 7) is 9.97. The Kier molecular flexibility index (Phi) is 8.10. The molecule has 2 unspecified atom stereocenters. The number of aromatic nitrogens is 2. The molecule has 3 N–H and O–H groups in total. The third-order valence-electron chi connectivity index (χ3n) is 7.26. The van der Waals surface area contributed by atoms with Gasteiger partial charge in [-0.05, 0) is 18.1 Å². The minimum atomic E-state index is -2.97. The second-order valence-corrected chi connectivity index (χ2v) is 16.2. The number of carbonyl (C=O) groups excluding carboxylic acids is 1. The average molecular weight is 550 g/mol. The quantitative estimate of drug-likeness (QED) is 0.240. The number of hydrogen-bond donors (Lipinski definition) is 3. The highest BCUT2D eigenvalue weighted by Gasteiger charge is 2.55. The van der Waals surface area contributed by atoms with Crippen LogP contribution in [0.25, 0.3) is 0 Å². The van der Waals surface area contributed by atoms with Gasteiger partial charge in [-0.15, -0.1) is 9.42 Å². The Bertz CT molecular complexity index is 1170. The minimum absolute atomic E-state index is 0.0653. The van der Waals surface area contributed by atoms with Crippen LogP contribution in [-0.4, -0.2) is 65.1 Å². The van der Waals surface area contributed by atoms with E-state index in [1.54, 1.807) is 23.0 Å². The van der Waals surface area contributed by atoms with E-state index in [9.17, 15) is 19.4 Å². The number of aliphatic imine (C=N–C) groups is 1. The van der Waals surface area contributed by atoms with Gasteiger partial charge in [-0.25, -0.2) is 9.67 Å². The average Bonchev–Trinajstić information content (AvgIpc) is 3.40. The van der Waals surface area contributed by atoms with Gasteiger partial charge in [0.1, 0.15) is 24.1 Å². The summed E-state index contributed by atoms with van der Waals surface area (Å²) in [4.78, 5) is 26.8. The second kappa shape index (κ2) is 10.8. The molecule has 2 aliphatic rings. The summed E-state index contributed by atoms with van der Waals surface area (Å²) in [5.74, 6) is 0.505. The van der Waals surface area contributed by atoms with Gasteiger partial charge in [-0.1, -0.05) is 51.1 Å². The van der Waals surface area contributed by atoms with Crippen molar-refractivity contribution < 1.29 is 33.0 Å². The number of ether oxygens (including phenoxy) is 1. The molecule has 1 aromatic carbocycles. The van der Waals surface area contributed by atoms with Gasteiger partial charge in [0.25, 0.3) is 0 Å². The van der Waals surface area contributed by atoms with Crippen LogP contribution >= 0.6 is 8.25 Å². The highest BCUT2D eigenvalue weighted by Crippen LogP contribution is 2.47. The van der Waals surface area contributed by atoms with Crippen LogP contribution in [0.3, 0.4) is 0 Å². The van der Waals surface area contributed by atoms with E-state index in [0.717, 1.165) is 0 Å². The summed E-state index contributed by atoms with van der Waals surface area (Å²) in [6, 6.07) is 9.00. The number of Topliss-reactive ketones (excluding diaryl/α,β-unsaturated/α-hetero) is 1. The monoisotopic (exact) mass is 549 g/mol. The number of nitrogens with zero attached hydrogens (tertiary/aromatic N) is 3. The van der Waals surface area contributed by atoms with Crippen LogP contribution in [0.5, 0.6) is 0 Å². The standard InChI is InChI=1S/C24H33N4O7PSi/c1-24(2,3)37(4,5)35-22-20(33-18(13-29)21(22)34-36(31)32)16-12-27-28-19(25-14-26-23(16)28)11-17(30)15-9-7-6-8-10-15/h6-10,12,14,18-22,29H,11,13H2,1-5H3,(H-,25,26,27,31,32)/p+1/t18-,19?,20+,21-,22+/m1/s1. The fourth-order valence-corrected chi connectivity index (χ4v) is 6.01. The molecule has 4 rings (SSSR count). The summed E-state index contributed by atoms with van der Waals surface area (Å²) in [6.07, 6.45) is -0.699. The molecule has 1 fully saturated rings. The van der Waals surface area contributed by atoms with Crippen molar-refractivity contribution in [2.75, 3.05) is 11.9 Å². The van der Waals surface area contributed by atoms with Crippen LogP contribution in [0.4, 0.5) is 5.82 Å². The van der Waals surface area contributed by atoms with Crippen LogP contribution in [0.2, 0.25) is 18.1 Å². The van der Waals surface area contributed by atoms with E-state index in [-0.39, 0.29) is 17.2 Å². The number of fused-ring (bicyclic) bond motifs is 1. The largest absolute Gasteiger partial charge is 0.695 e. The molecule has 37 heavy (non-hydrogen) atoms. The molecule has 3 heterocycles. The number of carbonyl (C=O) groups is 1. The molecule has 200 valence electrons. The lowest BCUT2D eigenvalue weighted by Crippen LogP contribution is -2.48. The summed E-state index contributed by atoms with van der Waals surface area (Å²) < 4.78 is 31.5. The zero-order valence-corrected chi connectivity index (χ0v) is 23.5. The van der Waals surface area contributed by atoms with Gasteiger partial charge in [0.05, 0.1) is 25.6 Å². The smallest absolute Gasteiger partial charge is 0.408 e. The Morgan fingerprint density at radius 3 is 2.57 bits per heavy atom. The molecule has 11 nitrogen and oxygen atoms in total. The van der Waals surface area contributed by atoms with E-state index in [1.807, 2.05) is 18.2 Å². The molecular weight excluding hydrogens is 515 g/mol. The highest BCUT2D eigenvalue weighted by atomic mass is 31.1. The van der Waals surface area contributed by atoms with Gasteiger partial charge < -0.3 is 19.6 Å². The van der Waals surface area contributed by atoms with Crippen molar-refractivity contribution in [3.05, 3.63) is 47.7 Å². The molecule has 0 spiro atoms. The van der Waals surface area contributed by atoms with Gasteiger partial charge in [-0.3, -0.25) is 4.79 Å². The van der Waals surface area contributed by atoms with Gasteiger partial charge in [0, 0.05) is 15.7 Å². The molecule has 0 radical (unpaired) electrons. The summed E-state index contributed by atoms with van der Waals surface area (Å²) in [5.41, 5.74) is 1.21. The lowest BCUT2D eigenvalue weighted by Gasteiger charge is -2.40. The Labute approximate surface area is 217 Å². The van der Waals surface area contributed by atoms with Gasteiger partial charge >= 0.3 is 8.25 Å². The molecule has 0 amide bonds. The highest BCUT2D eigenvalue weighted by molar-refractivity contribution is 7.32. The zero-order valence-electron chi connectivity index (χ0n) is 21.6. The van der Waals surface area contributed by atoms with Crippen molar-refractivity contribution in [3.8, 4) is 0 Å². The molecule has 0 bridgehead atoms. The van der Waals surface area contributed by atoms with Gasteiger partial charge in [0.2, 0.25) is 0 Å². The van der Waals surface area contributed by atoms with E-state index in [2.05, 4.69) is 49.3 Å². The lowest BCUT2D eigenvalue weighted by molar-refractivity contribution is -0.0183. The maximum Gasteiger partial charge on any atom is 0.695 e. The normalized spacial score (nSPS) is 26.0. The fourth-order valence-electron chi connectivity index (χ4n) is 4.26. The van der Waals surface area contributed by atoms with Crippen molar-refractivity contribution in [3.63, 3.8) is 0 Å². The van der Waals surface area contributed by atoms with Crippen molar-refractivity contribution >= 4 is 34.5 Å². The number of anilines is 1. The van der Waals surface area contributed by atoms with Gasteiger partial charge in [0.15, 0.2) is 26.4 Å². The predicted octanol–water partition coefficient (Wildman–Crippen LogP) is 3.97. The first-order valence-corrected chi connectivity index (χ1v) is 16.2. The number of ketones is 1. The summed E-state index contributed by atoms with van der Waals surface area (Å²) in [7, 11) is -5.37. The topological polar surface area (TPSA) is 145 Å². The molecule has 13 heteroatoms. The van der Waals surface area contributed by atoms with Crippen molar-refractivity contribution in [1.82, 2.24) is 9.78 Å². The van der Waals surface area contributed by atoms with Crippen molar-refractivity contribution in [1.29, 1.82) is 0 Å². The zero-order chi connectivity index (χ0) is 27.0. The second-order valence-electron chi connectivity index (χ2n) is 10.7. The SMILES string of the molecule is CC(C)(C)[Si](C)(C)O[C@@H]1[C@H](O[P+](=O)O)[C@@H](CO)O[C@H]1c1cnn2c1NC=NC2CC(=O)c1ccccc1. The molecule has 1 saturated heterocycles. The predicted molar refractivity (Wildman–Crippen MR) is 140 cm³/mol. The number of hydrogen-bond acceptors (Lipinski definition) is 9. The molecular formula is C24H34N4O7PSi+. The first-order valence-electron chi connectivity index (χ1n) is 12.1. The van der Waals surface area contributed by atoms with E-state index in [0.29, 0.717) is 16.9 Å². The van der Waals surface area contributed by atoms with E-state index in [4.69, 9.17) is 13.7 Å². The first-order chi connectivity index (χ1) is 17.4. The summed E-state index contributed by atoms with van der Waals surface area (Å²) in [5, 5.41) is 17.4. The molecule has 1 aromatic heterocycles. The van der Waals surface area contributed by atoms with Crippen LogP contribution in [0.1, 0.15) is 55.4 Å². The Balaban J connectivity index is 1.66. The lowest BCUT2D eigenvalue weighted by atomic mass is 10.0. The van der Waals surface area contributed by atoms with Crippen LogP contribution < -0.4 is 5.32 Å². The third kappa shape index (κ3) is 5.75. The molecule has 6 atom stereocenters. The van der Waals surface area contributed by atoms with E-state index >= 15 is 0 Å². The fraction of sp³-hybridized carbons (Fsp3) is 0.542.